The highest BCUT2D eigenvalue weighted by Gasteiger charge is 2.38. The second-order valence-electron chi connectivity index (χ2n) is 6.61. The Hall–Kier alpha value is -3.34. The lowest BCUT2D eigenvalue weighted by molar-refractivity contribution is -0.136. The van der Waals surface area contributed by atoms with Crippen LogP contribution in [0.1, 0.15) is 23.6 Å². The minimum absolute atomic E-state index is 0.157. The highest BCUT2D eigenvalue weighted by atomic mass is 16.5. The summed E-state index contributed by atoms with van der Waals surface area (Å²) in [6.45, 7) is 10.2. The molecule has 0 aliphatic carbocycles. The van der Waals surface area contributed by atoms with E-state index in [1.54, 1.807) is 6.08 Å². The molecule has 5 heteroatoms. The normalized spacial score (nSPS) is 13.9. The van der Waals surface area contributed by atoms with Crippen molar-refractivity contribution in [2.24, 2.45) is 0 Å². The summed E-state index contributed by atoms with van der Waals surface area (Å²) >= 11 is 0. The van der Waals surface area contributed by atoms with Crippen molar-refractivity contribution in [1.29, 1.82) is 0 Å². The fourth-order valence-corrected chi connectivity index (χ4v) is 3.14. The highest BCUT2D eigenvalue weighted by Crippen LogP contribution is 2.33. The largest absolute Gasteiger partial charge is 0.492 e. The van der Waals surface area contributed by atoms with Crippen molar-refractivity contribution in [3.8, 4) is 5.75 Å². The molecule has 0 spiro atoms. The van der Waals surface area contributed by atoms with Crippen molar-refractivity contribution in [1.82, 2.24) is 4.90 Å². The van der Waals surface area contributed by atoms with Crippen LogP contribution >= 0.6 is 0 Å². The molecule has 144 valence electrons. The van der Waals surface area contributed by atoms with Crippen LogP contribution in [0.15, 0.2) is 60.8 Å². The standard InChI is InChI=1S/C23H24N2O3/c1-5-13-25-22(26)20(17-12-11-15(3)16(4)14-17)21(23(25)27)24-18-9-7-8-10-19(18)28-6-2/h5,7-12,14,24H,1,6,13H2,2-4H3. The number of imide groups is 1. The fraction of sp³-hybridized carbons (Fsp3) is 0.217. The predicted octanol–water partition coefficient (Wildman–Crippen LogP) is 4.08. The molecule has 2 aromatic rings. The van der Waals surface area contributed by atoms with Crippen LogP contribution in [0, 0.1) is 13.8 Å². The van der Waals surface area contributed by atoms with E-state index < -0.39 is 0 Å². The molecule has 3 rings (SSSR count). The van der Waals surface area contributed by atoms with Crippen molar-refractivity contribution >= 4 is 23.1 Å². The van der Waals surface area contributed by atoms with Gasteiger partial charge in [-0.15, -0.1) is 6.58 Å². The zero-order chi connectivity index (χ0) is 20.3. The first kappa shape index (κ1) is 19.4. The lowest BCUT2D eigenvalue weighted by Gasteiger charge is -2.14. The molecule has 1 N–H and O–H groups in total. The molecule has 0 atom stereocenters. The Kier molecular flexibility index (Phi) is 5.64. The summed E-state index contributed by atoms with van der Waals surface area (Å²) < 4.78 is 5.65. The highest BCUT2D eigenvalue weighted by molar-refractivity contribution is 6.36. The van der Waals surface area contributed by atoms with Crippen LogP contribution in [0.25, 0.3) is 5.57 Å². The SMILES string of the molecule is C=CCN1C(=O)C(Nc2ccccc2OCC)=C(c2ccc(C)c(C)c2)C1=O. The zero-order valence-corrected chi connectivity index (χ0v) is 16.4. The van der Waals surface area contributed by atoms with E-state index in [2.05, 4.69) is 11.9 Å². The van der Waals surface area contributed by atoms with Gasteiger partial charge in [0.25, 0.3) is 11.8 Å². The zero-order valence-electron chi connectivity index (χ0n) is 16.4. The van der Waals surface area contributed by atoms with E-state index >= 15 is 0 Å². The van der Waals surface area contributed by atoms with Gasteiger partial charge in [-0.2, -0.15) is 0 Å². The third kappa shape index (κ3) is 3.56. The van der Waals surface area contributed by atoms with Crippen molar-refractivity contribution in [2.45, 2.75) is 20.8 Å². The number of amides is 2. The van der Waals surface area contributed by atoms with Crippen LogP contribution < -0.4 is 10.1 Å². The first-order valence-electron chi connectivity index (χ1n) is 9.25. The molecule has 0 saturated carbocycles. The number of ether oxygens (including phenoxy) is 1. The van der Waals surface area contributed by atoms with Crippen LogP contribution in [0.5, 0.6) is 5.75 Å². The van der Waals surface area contributed by atoms with Crippen molar-refractivity contribution in [2.75, 3.05) is 18.5 Å². The predicted molar refractivity (Wildman–Crippen MR) is 111 cm³/mol. The summed E-state index contributed by atoms with van der Waals surface area (Å²) in [5.74, 6) is -0.0756. The quantitative estimate of drug-likeness (QED) is 0.584. The molecule has 0 radical (unpaired) electrons. The van der Waals surface area contributed by atoms with Gasteiger partial charge in [0.05, 0.1) is 17.9 Å². The van der Waals surface area contributed by atoms with E-state index in [1.165, 1.54) is 4.90 Å². The lowest BCUT2D eigenvalue weighted by atomic mass is 9.99. The minimum atomic E-state index is -0.371. The molecule has 0 saturated heterocycles. The molecular weight excluding hydrogens is 352 g/mol. The number of nitrogens with one attached hydrogen (secondary N) is 1. The lowest BCUT2D eigenvalue weighted by Crippen LogP contribution is -2.32. The number of carbonyl (C=O) groups is 2. The van der Waals surface area contributed by atoms with E-state index in [0.29, 0.717) is 29.2 Å². The molecule has 1 aliphatic rings. The van der Waals surface area contributed by atoms with Crippen LogP contribution in [0.3, 0.4) is 0 Å². The van der Waals surface area contributed by atoms with Crippen LogP contribution in [0.2, 0.25) is 0 Å². The third-order valence-electron chi connectivity index (χ3n) is 4.72. The Balaban J connectivity index is 2.12. The molecule has 0 bridgehead atoms. The van der Waals surface area contributed by atoms with Gasteiger partial charge in [0.15, 0.2) is 0 Å². The van der Waals surface area contributed by atoms with E-state index in [9.17, 15) is 9.59 Å². The molecule has 0 aromatic heterocycles. The minimum Gasteiger partial charge on any atom is -0.492 e. The summed E-state index contributed by atoms with van der Waals surface area (Å²) in [6, 6.07) is 13.1. The Morgan fingerprint density at radius 2 is 1.82 bits per heavy atom. The summed E-state index contributed by atoms with van der Waals surface area (Å²) in [5, 5.41) is 3.15. The van der Waals surface area contributed by atoms with Gasteiger partial charge in [-0.3, -0.25) is 14.5 Å². The van der Waals surface area contributed by atoms with Gasteiger partial charge >= 0.3 is 0 Å². The Morgan fingerprint density at radius 1 is 1.07 bits per heavy atom. The summed E-state index contributed by atoms with van der Waals surface area (Å²) in [4.78, 5) is 27.3. The number of hydrogen-bond donors (Lipinski definition) is 1. The average Bonchev–Trinajstić information content (AvgIpc) is 2.90. The summed E-state index contributed by atoms with van der Waals surface area (Å²) in [7, 11) is 0. The van der Waals surface area contributed by atoms with Gasteiger partial charge in [-0.05, 0) is 49.6 Å². The average molecular weight is 376 g/mol. The van der Waals surface area contributed by atoms with Crippen molar-refractivity contribution in [3.05, 3.63) is 77.5 Å². The van der Waals surface area contributed by atoms with Gasteiger partial charge in [0.2, 0.25) is 0 Å². The van der Waals surface area contributed by atoms with Crippen LogP contribution in [0.4, 0.5) is 5.69 Å². The number of nitrogens with zero attached hydrogens (tertiary/aromatic N) is 1. The van der Waals surface area contributed by atoms with Gasteiger partial charge < -0.3 is 10.1 Å². The van der Waals surface area contributed by atoms with Crippen molar-refractivity contribution < 1.29 is 14.3 Å². The molecule has 2 aromatic carbocycles. The summed E-state index contributed by atoms with van der Waals surface area (Å²) in [6.07, 6.45) is 1.55. The van der Waals surface area contributed by atoms with Crippen molar-refractivity contribution in [3.63, 3.8) is 0 Å². The second kappa shape index (κ2) is 8.13. The van der Waals surface area contributed by atoms with E-state index in [1.807, 2.05) is 63.2 Å². The van der Waals surface area contributed by atoms with Gasteiger partial charge in [0.1, 0.15) is 11.4 Å². The maximum absolute atomic E-state index is 13.0. The number of para-hydroxylation sites is 2. The van der Waals surface area contributed by atoms with Crippen LogP contribution in [-0.4, -0.2) is 29.9 Å². The van der Waals surface area contributed by atoms with Gasteiger partial charge in [-0.25, -0.2) is 0 Å². The van der Waals surface area contributed by atoms with E-state index in [0.717, 1.165) is 11.1 Å². The number of rotatable bonds is 7. The monoisotopic (exact) mass is 376 g/mol. The van der Waals surface area contributed by atoms with Gasteiger partial charge in [-0.1, -0.05) is 36.4 Å². The first-order chi connectivity index (χ1) is 13.5. The Bertz CT molecular complexity index is 976. The third-order valence-corrected chi connectivity index (χ3v) is 4.72. The molecule has 0 unspecified atom stereocenters. The molecular formula is C23H24N2O3. The fourth-order valence-electron chi connectivity index (χ4n) is 3.14. The van der Waals surface area contributed by atoms with Crippen LogP contribution in [-0.2, 0) is 9.59 Å². The topological polar surface area (TPSA) is 58.6 Å². The Morgan fingerprint density at radius 3 is 2.50 bits per heavy atom. The van der Waals surface area contributed by atoms with Gasteiger partial charge in [0, 0.05) is 6.54 Å². The maximum Gasteiger partial charge on any atom is 0.278 e. The first-order valence-corrected chi connectivity index (χ1v) is 9.25. The maximum atomic E-state index is 13.0. The Labute approximate surface area is 165 Å². The van der Waals surface area contributed by atoms with E-state index in [4.69, 9.17) is 4.74 Å². The van der Waals surface area contributed by atoms with E-state index in [-0.39, 0.29) is 24.1 Å². The number of carbonyl (C=O) groups excluding carboxylic acids is 2. The second-order valence-corrected chi connectivity index (χ2v) is 6.61. The summed E-state index contributed by atoms with van der Waals surface area (Å²) in [5.41, 5.74) is 4.15. The smallest absolute Gasteiger partial charge is 0.278 e. The number of hydrogen-bond acceptors (Lipinski definition) is 4. The number of anilines is 1. The molecule has 1 heterocycles. The molecule has 2 amide bonds. The molecule has 5 nitrogen and oxygen atoms in total. The molecule has 1 aliphatic heterocycles. The number of aryl methyl sites for hydroxylation is 2. The molecule has 28 heavy (non-hydrogen) atoms. The number of benzene rings is 2. The molecule has 0 fully saturated rings.